The summed E-state index contributed by atoms with van der Waals surface area (Å²) in [6.45, 7) is 0.500. The van der Waals surface area contributed by atoms with Crippen molar-refractivity contribution in [3.8, 4) is 5.75 Å². The molecule has 5 rings (SSSR count). The van der Waals surface area contributed by atoms with Crippen LogP contribution >= 0.6 is 11.3 Å². The number of nitrogens with zero attached hydrogens (tertiary/aromatic N) is 1. The fraction of sp³-hybridized carbons (Fsp3) is 0.227. The molecule has 6 nitrogen and oxygen atoms in total. The van der Waals surface area contributed by atoms with Crippen LogP contribution in [0.1, 0.15) is 33.6 Å². The van der Waals surface area contributed by atoms with E-state index in [0.717, 1.165) is 15.1 Å². The number of halogens is 1. The first kappa shape index (κ1) is 18.7. The molecular weight excluding hydrogens is 407 g/mol. The number of carbonyl (C=O) groups excluding carboxylic acids is 3. The molecule has 0 aliphatic carbocycles. The molecule has 30 heavy (non-hydrogen) atoms. The van der Waals surface area contributed by atoms with Crippen LogP contribution in [0.4, 0.5) is 4.39 Å². The van der Waals surface area contributed by atoms with E-state index in [9.17, 15) is 18.8 Å². The van der Waals surface area contributed by atoms with Crippen molar-refractivity contribution in [1.29, 1.82) is 0 Å². The van der Waals surface area contributed by atoms with E-state index < -0.39 is 11.9 Å². The summed E-state index contributed by atoms with van der Waals surface area (Å²) < 4.78 is 20.8. The van der Waals surface area contributed by atoms with E-state index in [1.54, 1.807) is 30.3 Å². The van der Waals surface area contributed by atoms with Gasteiger partial charge in [-0.2, -0.15) is 0 Å². The van der Waals surface area contributed by atoms with Crippen LogP contribution in [0, 0.1) is 5.82 Å². The Labute approximate surface area is 175 Å². The van der Waals surface area contributed by atoms with Crippen molar-refractivity contribution >= 4 is 39.1 Å². The molecule has 1 aromatic heterocycles. The molecule has 2 aromatic carbocycles. The van der Waals surface area contributed by atoms with Gasteiger partial charge in [-0.15, -0.1) is 11.3 Å². The van der Waals surface area contributed by atoms with Crippen LogP contribution in [0.15, 0.2) is 42.5 Å². The zero-order valence-electron chi connectivity index (χ0n) is 15.8. The van der Waals surface area contributed by atoms with Crippen molar-refractivity contribution in [2.75, 3.05) is 0 Å². The van der Waals surface area contributed by atoms with Crippen LogP contribution in [0.3, 0.4) is 0 Å². The Kier molecular flexibility index (Phi) is 4.51. The average Bonchev–Trinajstić information content (AvgIpc) is 3.29. The van der Waals surface area contributed by atoms with Crippen LogP contribution < -0.4 is 10.1 Å². The average molecular weight is 424 g/mol. The highest BCUT2D eigenvalue weighted by molar-refractivity contribution is 7.19. The van der Waals surface area contributed by atoms with Crippen molar-refractivity contribution in [2.45, 2.75) is 32.0 Å². The lowest BCUT2D eigenvalue weighted by Crippen LogP contribution is -2.52. The Morgan fingerprint density at radius 1 is 1.17 bits per heavy atom. The van der Waals surface area contributed by atoms with E-state index in [0.29, 0.717) is 23.1 Å². The van der Waals surface area contributed by atoms with Crippen LogP contribution in [-0.2, 0) is 22.7 Å². The van der Waals surface area contributed by atoms with Crippen molar-refractivity contribution in [3.05, 3.63) is 64.3 Å². The number of ether oxygens (including phenoxy) is 1. The molecule has 2 aliphatic heterocycles. The molecule has 0 saturated carbocycles. The minimum absolute atomic E-state index is 0.211. The molecule has 2 aliphatic rings. The van der Waals surface area contributed by atoms with Gasteiger partial charge >= 0.3 is 0 Å². The molecule has 1 N–H and O–H groups in total. The number of hydrogen-bond donors (Lipinski definition) is 1. The van der Waals surface area contributed by atoms with Crippen LogP contribution in [0.5, 0.6) is 5.75 Å². The number of carbonyl (C=O) groups is 3. The Hall–Kier alpha value is -3.26. The molecular formula is C22H17FN2O4S. The molecule has 3 amide bonds. The van der Waals surface area contributed by atoms with Crippen molar-refractivity contribution in [2.24, 2.45) is 0 Å². The first-order chi connectivity index (χ1) is 14.5. The van der Waals surface area contributed by atoms with Crippen LogP contribution in [0.25, 0.3) is 10.1 Å². The molecule has 1 unspecified atom stereocenters. The molecule has 0 spiro atoms. The molecule has 0 radical (unpaired) electrons. The van der Waals surface area contributed by atoms with Gasteiger partial charge in [-0.1, -0.05) is 12.1 Å². The Morgan fingerprint density at radius 2 is 2.00 bits per heavy atom. The largest absolute Gasteiger partial charge is 0.488 e. The first-order valence-corrected chi connectivity index (χ1v) is 10.4. The second-order valence-electron chi connectivity index (χ2n) is 7.34. The van der Waals surface area contributed by atoms with Gasteiger partial charge in [0.05, 0.1) is 6.54 Å². The zero-order valence-corrected chi connectivity index (χ0v) is 16.6. The van der Waals surface area contributed by atoms with Gasteiger partial charge < -0.3 is 9.64 Å². The third-order valence-corrected chi connectivity index (χ3v) is 6.54. The highest BCUT2D eigenvalue weighted by atomic mass is 32.1. The summed E-state index contributed by atoms with van der Waals surface area (Å²) in [5, 5.41) is 2.87. The quantitative estimate of drug-likeness (QED) is 0.652. The Bertz CT molecular complexity index is 1210. The van der Waals surface area contributed by atoms with Gasteiger partial charge in [0, 0.05) is 32.5 Å². The summed E-state index contributed by atoms with van der Waals surface area (Å²) >= 11 is 1.46. The lowest BCUT2D eigenvalue weighted by Gasteiger charge is -2.29. The van der Waals surface area contributed by atoms with Crippen LogP contribution in [-0.4, -0.2) is 28.7 Å². The number of benzene rings is 2. The molecule has 8 heteroatoms. The van der Waals surface area contributed by atoms with Crippen molar-refractivity contribution < 1.29 is 23.5 Å². The van der Waals surface area contributed by atoms with E-state index in [-0.39, 0.29) is 37.2 Å². The summed E-state index contributed by atoms with van der Waals surface area (Å²) in [6.07, 6.45) is 0.524. The number of nitrogens with one attached hydrogen (secondary N) is 1. The van der Waals surface area contributed by atoms with Gasteiger partial charge in [-0.25, -0.2) is 4.39 Å². The molecule has 1 atom stereocenters. The second kappa shape index (κ2) is 7.21. The molecule has 3 aromatic rings. The molecule has 152 valence electrons. The first-order valence-electron chi connectivity index (χ1n) is 9.57. The van der Waals surface area contributed by atoms with Gasteiger partial charge in [0.25, 0.3) is 5.91 Å². The van der Waals surface area contributed by atoms with E-state index >= 15 is 0 Å². The van der Waals surface area contributed by atoms with Crippen molar-refractivity contribution in [3.63, 3.8) is 0 Å². The third-order valence-electron chi connectivity index (χ3n) is 5.47. The summed E-state index contributed by atoms with van der Waals surface area (Å²) in [6, 6.07) is 11.3. The summed E-state index contributed by atoms with van der Waals surface area (Å²) in [4.78, 5) is 38.9. The zero-order chi connectivity index (χ0) is 20.8. The molecule has 1 fully saturated rings. The van der Waals surface area contributed by atoms with E-state index in [2.05, 4.69) is 5.32 Å². The lowest BCUT2D eigenvalue weighted by atomic mass is 10.0. The lowest BCUT2D eigenvalue weighted by molar-refractivity contribution is -0.136. The van der Waals surface area contributed by atoms with E-state index in [1.165, 1.54) is 22.3 Å². The number of hydrogen-bond acceptors (Lipinski definition) is 5. The number of fused-ring (bicyclic) bond motifs is 2. The normalized spacial score (nSPS) is 18.6. The molecule has 0 bridgehead atoms. The van der Waals surface area contributed by atoms with Gasteiger partial charge in [-0.3, -0.25) is 19.7 Å². The standard InChI is InChI=1S/C22H17FN2O4S/c23-16-4-2-6-19-14(16)9-12(30-19)11-29-18-5-1-3-13-15(18)10-25(22(13)28)17-7-8-20(26)24-21(17)27/h1-6,9,17H,7-8,10-11H2,(H,24,26,27). The summed E-state index contributed by atoms with van der Waals surface area (Å²) in [5.74, 6) is -0.699. The minimum Gasteiger partial charge on any atom is -0.488 e. The van der Waals surface area contributed by atoms with Gasteiger partial charge in [0.1, 0.15) is 24.2 Å². The predicted octanol–water partition coefficient (Wildman–Crippen LogP) is 3.38. The number of piperidine rings is 1. The van der Waals surface area contributed by atoms with Crippen LogP contribution in [0.2, 0.25) is 0 Å². The summed E-state index contributed by atoms with van der Waals surface area (Å²) in [7, 11) is 0. The monoisotopic (exact) mass is 424 g/mol. The number of imide groups is 1. The summed E-state index contributed by atoms with van der Waals surface area (Å²) in [5.41, 5.74) is 1.22. The maximum Gasteiger partial charge on any atom is 0.255 e. The minimum atomic E-state index is -0.666. The number of amides is 3. The fourth-order valence-electron chi connectivity index (χ4n) is 3.99. The smallest absolute Gasteiger partial charge is 0.255 e. The van der Waals surface area contributed by atoms with Gasteiger partial charge in [0.15, 0.2) is 0 Å². The fourth-order valence-corrected chi connectivity index (χ4v) is 4.98. The van der Waals surface area contributed by atoms with Gasteiger partial charge in [0.2, 0.25) is 11.8 Å². The highest BCUT2D eigenvalue weighted by Gasteiger charge is 2.40. The van der Waals surface area contributed by atoms with Crippen molar-refractivity contribution in [1.82, 2.24) is 10.2 Å². The SMILES string of the molecule is O=C1CCC(N2Cc3c(OCc4cc5c(F)cccc5s4)cccc3C2=O)C(=O)N1. The third kappa shape index (κ3) is 3.13. The maximum absolute atomic E-state index is 13.9. The van der Waals surface area contributed by atoms with Gasteiger partial charge in [-0.05, 0) is 36.8 Å². The Morgan fingerprint density at radius 3 is 2.80 bits per heavy atom. The second-order valence-corrected chi connectivity index (χ2v) is 8.50. The van der Waals surface area contributed by atoms with E-state index in [1.807, 2.05) is 6.07 Å². The number of rotatable bonds is 4. The molecule has 3 heterocycles. The molecule has 1 saturated heterocycles. The maximum atomic E-state index is 13.9. The topological polar surface area (TPSA) is 75.7 Å². The number of thiophene rings is 1. The highest BCUT2D eigenvalue weighted by Crippen LogP contribution is 2.35. The Balaban J connectivity index is 1.37. The predicted molar refractivity (Wildman–Crippen MR) is 109 cm³/mol. The van der Waals surface area contributed by atoms with E-state index in [4.69, 9.17) is 4.74 Å².